The highest BCUT2D eigenvalue weighted by Crippen LogP contribution is 2.51. The molecule has 0 bridgehead atoms. The number of unbranched alkanes of at least 4 members (excludes halogenated alkanes) is 1. The first-order valence-electron chi connectivity index (χ1n) is 11.3. The van der Waals surface area contributed by atoms with Crippen LogP contribution in [-0.4, -0.2) is 14.9 Å². The minimum atomic E-state index is -1.66. The summed E-state index contributed by atoms with van der Waals surface area (Å²) < 4.78 is 6.40. The SMILES string of the molecule is C=C1c2ccccc2[C@@](C)(Nc2ccccc2)[C@H]1CCCCO[Si](C)(C)C(C)(C)C. The molecule has 1 aliphatic rings. The van der Waals surface area contributed by atoms with E-state index in [4.69, 9.17) is 4.43 Å². The lowest BCUT2D eigenvalue weighted by atomic mass is 9.80. The van der Waals surface area contributed by atoms with Crippen molar-refractivity contribution in [3.63, 3.8) is 0 Å². The van der Waals surface area contributed by atoms with Crippen LogP contribution in [0.3, 0.4) is 0 Å². The Balaban J connectivity index is 1.69. The van der Waals surface area contributed by atoms with Crippen molar-refractivity contribution in [3.8, 4) is 0 Å². The third-order valence-corrected chi connectivity index (χ3v) is 11.8. The Kier molecular flexibility index (Phi) is 6.64. The number of hydrogen-bond acceptors (Lipinski definition) is 2. The zero-order valence-electron chi connectivity index (χ0n) is 19.7. The number of para-hydroxylation sites is 1. The normalized spacial score (nSPS) is 21.5. The van der Waals surface area contributed by atoms with Crippen molar-refractivity contribution in [1.29, 1.82) is 0 Å². The van der Waals surface area contributed by atoms with Crippen molar-refractivity contribution >= 4 is 19.6 Å². The predicted molar refractivity (Wildman–Crippen MR) is 133 cm³/mol. The topological polar surface area (TPSA) is 21.3 Å². The van der Waals surface area contributed by atoms with E-state index < -0.39 is 8.32 Å². The molecular weight excluding hydrogens is 382 g/mol. The lowest BCUT2D eigenvalue weighted by Gasteiger charge is -2.37. The maximum atomic E-state index is 6.40. The van der Waals surface area contributed by atoms with Gasteiger partial charge in [-0.1, -0.05) is 76.2 Å². The van der Waals surface area contributed by atoms with Gasteiger partial charge in [0.15, 0.2) is 8.32 Å². The van der Waals surface area contributed by atoms with Crippen molar-refractivity contribution in [2.24, 2.45) is 5.92 Å². The van der Waals surface area contributed by atoms with Crippen molar-refractivity contribution in [2.45, 2.75) is 70.6 Å². The Labute approximate surface area is 184 Å². The van der Waals surface area contributed by atoms with E-state index in [0.717, 1.165) is 31.6 Å². The summed E-state index contributed by atoms with van der Waals surface area (Å²) in [6.45, 7) is 19.3. The first-order chi connectivity index (χ1) is 14.1. The number of nitrogens with one attached hydrogen (secondary N) is 1. The average Bonchev–Trinajstić information content (AvgIpc) is 2.89. The van der Waals surface area contributed by atoms with Gasteiger partial charge in [0.25, 0.3) is 0 Å². The van der Waals surface area contributed by atoms with E-state index in [1.165, 1.54) is 16.7 Å². The molecule has 3 rings (SSSR count). The van der Waals surface area contributed by atoms with Crippen LogP contribution in [0.25, 0.3) is 5.57 Å². The van der Waals surface area contributed by atoms with E-state index >= 15 is 0 Å². The van der Waals surface area contributed by atoms with Crippen LogP contribution in [0.5, 0.6) is 0 Å². The van der Waals surface area contributed by atoms with Crippen LogP contribution in [0.15, 0.2) is 61.2 Å². The Morgan fingerprint density at radius 3 is 2.30 bits per heavy atom. The second-order valence-electron chi connectivity index (χ2n) is 10.4. The van der Waals surface area contributed by atoms with Gasteiger partial charge in [-0.3, -0.25) is 0 Å². The monoisotopic (exact) mass is 421 g/mol. The smallest absolute Gasteiger partial charge is 0.191 e. The summed E-state index contributed by atoms with van der Waals surface area (Å²) in [6.07, 6.45) is 3.37. The number of anilines is 1. The standard InChI is InChI=1S/C27H39NOSi/c1-21-23-17-11-12-19-25(23)27(5,28-22-15-9-8-10-16-22)24(21)18-13-14-20-29-30(6,7)26(2,3)4/h8-12,15-17,19,24,28H,1,13-14,18,20H2,2-7H3/t24-,27-/m0/s1. The number of rotatable bonds is 8. The van der Waals surface area contributed by atoms with Crippen LogP contribution in [-0.2, 0) is 9.96 Å². The Hall–Kier alpha value is -1.84. The molecule has 3 heteroatoms. The fourth-order valence-electron chi connectivity index (χ4n) is 4.37. The molecule has 0 unspecified atom stereocenters. The molecule has 0 amide bonds. The molecule has 0 fully saturated rings. The molecule has 0 heterocycles. The Morgan fingerprint density at radius 1 is 1.00 bits per heavy atom. The van der Waals surface area contributed by atoms with Gasteiger partial charge >= 0.3 is 0 Å². The molecule has 2 nitrogen and oxygen atoms in total. The van der Waals surface area contributed by atoms with Gasteiger partial charge in [-0.15, -0.1) is 0 Å². The summed E-state index contributed by atoms with van der Waals surface area (Å²) in [7, 11) is -1.66. The first kappa shape index (κ1) is 22.8. The molecule has 1 N–H and O–H groups in total. The van der Waals surface area contributed by atoms with Crippen LogP contribution in [0.2, 0.25) is 18.1 Å². The number of hydrogen-bond donors (Lipinski definition) is 1. The van der Waals surface area contributed by atoms with E-state index in [-0.39, 0.29) is 10.6 Å². The zero-order chi connectivity index (χ0) is 22.0. The summed E-state index contributed by atoms with van der Waals surface area (Å²) in [5.74, 6) is 0.378. The highest BCUT2D eigenvalue weighted by atomic mass is 28.4. The second kappa shape index (κ2) is 8.72. The molecule has 0 spiro atoms. The largest absolute Gasteiger partial charge is 0.417 e. The van der Waals surface area contributed by atoms with Gasteiger partial charge in [-0.2, -0.15) is 0 Å². The van der Waals surface area contributed by atoms with Crippen LogP contribution in [0, 0.1) is 5.92 Å². The third-order valence-electron chi connectivity index (χ3n) is 7.28. The van der Waals surface area contributed by atoms with Crippen LogP contribution in [0.4, 0.5) is 5.69 Å². The molecule has 0 aromatic heterocycles. The maximum absolute atomic E-state index is 6.40. The molecule has 0 aliphatic heterocycles. The van der Waals surface area contributed by atoms with Gasteiger partial charge in [0, 0.05) is 18.2 Å². The van der Waals surface area contributed by atoms with Crippen LogP contribution < -0.4 is 5.32 Å². The molecule has 0 radical (unpaired) electrons. The fraction of sp³-hybridized carbons (Fsp3) is 0.481. The van der Waals surface area contributed by atoms with Crippen molar-refractivity contribution in [3.05, 3.63) is 72.3 Å². The summed E-state index contributed by atoms with van der Waals surface area (Å²) >= 11 is 0. The van der Waals surface area contributed by atoms with Gasteiger partial charge in [-0.25, -0.2) is 0 Å². The minimum Gasteiger partial charge on any atom is -0.417 e. The highest BCUT2D eigenvalue weighted by molar-refractivity contribution is 6.74. The van der Waals surface area contributed by atoms with Crippen LogP contribution >= 0.6 is 0 Å². The fourth-order valence-corrected chi connectivity index (χ4v) is 5.46. The molecule has 2 atom stereocenters. The minimum absolute atomic E-state index is 0.144. The van der Waals surface area contributed by atoms with E-state index in [1.807, 2.05) is 0 Å². The molecule has 1 aliphatic carbocycles. The van der Waals surface area contributed by atoms with E-state index in [0.29, 0.717) is 5.92 Å². The van der Waals surface area contributed by atoms with Gasteiger partial charge in [-0.05, 0) is 66.7 Å². The molecule has 0 saturated carbocycles. The first-order valence-corrected chi connectivity index (χ1v) is 14.2. The number of fused-ring (bicyclic) bond motifs is 1. The Morgan fingerprint density at radius 2 is 1.63 bits per heavy atom. The summed E-state index contributed by atoms with van der Waals surface area (Å²) in [6, 6.07) is 19.3. The second-order valence-corrected chi connectivity index (χ2v) is 15.2. The van der Waals surface area contributed by atoms with Crippen molar-refractivity contribution in [1.82, 2.24) is 0 Å². The molecule has 162 valence electrons. The molecular formula is C27H39NOSi. The third kappa shape index (κ3) is 4.57. The van der Waals surface area contributed by atoms with E-state index in [1.54, 1.807) is 0 Å². The maximum Gasteiger partial charge on any atom is 0.191 e. The number of benzene rings is 2. The zero-order valence-corrected chi connectivity index (χ0v) is 20.7. The average molecular weight is 422 g/mol. The van der Waals surface area contributed by atoms with Crippen LogP contribution in [0.1, 0.15) is 58.1 Å². The predicted octanol–water partition coefficient (Wildman–Crippen LogP) is 7.85. The van der Waals surface area contributed by atoms with E-state index in [2.05, 4.69) is 107 Å². The summed E-state index contributed by atoms with van der Waals surface area (Å²) in [5, 5.41) is 4.12. The van der Waals surface area contributed by atoms with Crippen molar-refractivity contribution < 1.29 is 4.43 Å². The van der Waals surface area contributed by atoms with Gasteiger partial charge in [0.2, 0.25) is 0 Å². The molecule has 2 aromatic carbocycles. The highest BCUT2D eigenvalue weighted by Gasteiger charge is 2.45. The lowest BCUT2D eigenvalue weighted by molar-refractivity contribution is 0.271. The quantitative estimate of drug-likeness (QED) is 0.346. The molecule has 30 heavy (non-hydrogen) atoms. The summed E-state index contributed by atoms with van der Waals surface area (Å²) in [5.41, 5.74) is 4.96. The van der Waals surface area contributed by atoms with Crippen molar-refractivity contribution in [2.75, 3.05) is 11.9 Å². The van der Waals surface area contributed by atoms with E-state index in [9.17, 15) is 0 Å². The van der Waals surface area contributed by atoms with Gasteiger partial charge in [0.1, 0.15) is 0 Å². The van der Waals surface area contributed by atoms with Gasteiger partial charge < -0.3 is 9.74 Å². The van der Waals surface area contributed by atoms with Gasteiger partial charge in [0.05, 0.1) is 5.54 Å². The molecule has 2 aromatic rings. The summed E-state index contributed by atoms with van der Waals surface area (Å²) in [4.78, 5) is 0. The molecule has 0 saturated heterocycles. The Bertz CT molecular complexity index is 868. The lowest BCUT2D eigenvalue weighted by Crippen LogP contribution is -2.41.